The maximum absolute atomic E-state index is 12.8. The van der Waals surface area contributed by atoms with Gasteiger partial charge in [0.2, 0.25) is 0 Å². The van der Waals surface area contributed by atoms with Gasteiger partial charge in [-0.2, -0.15) is 0 Å². The van der Waals surface area contributed by atoms with Gasteiger partial charge in [0.15, 0.2) is 6.61 Å². The number of amides is 1. The molecular formula is C32H25N3O5. The molecule has 0 aliphatic heterocycles. The second kappa shape index (κ2) is 11.2. The number of carboxylic acid groups (broad SMARTS) is 1. The van der Waals surface area contributed by atoms with E-state index in [4.69, 9.17) is 19.8 Å². The number of hydrogen-bond acceptors (Lipinski definition) is 6. The van der Waals surface area contributed by atoms with Crippen molar-refractivity contribution < 1.29 is 24.2 Å². The molecule has 40 heavy (non-hydrogen) atoms. The molecule has 0 atom stereocenters. The van der Waals surface area contributed by atoms with Crippen LogP contribution in [0.4, 0.5) is 5.69 Å². The Kier molecular flexibility index (Phi) is 7.33. The lowest BCUT2D eigenvalue weighted by Crippen LogP contribution is -2.21. The SMILES string of the molecule is Cc1ccc(-c2nc3ccc(C(=O)OCC(=O)Nc4cccc(C(=O)O)c4)cc3nc2-c2ccc(C)cc2)cc1. The fourth-order valence-corrected chi connectivity index (χ4v) is 4.15. The summed E-state index contributed by atoms with van der Waals surface area (Å²) in [6.07, 6.45) is 0. The number of aromatic carboxylic acids is 1. The Balaban J connectivity index is 1.39. The van der Waals surface area contributed by atoms with Crippen molar-refractivity contribution in [3.05, 3.63) is 113 Å². The topological polar surface area (TPSA) is 118 Å². The maximum Gasteiger partial charge on any atom is 0.338 e. The highest BCUT2D eigenvalue weighted by Crippen LogP contribution is 2.31. The number of aryl methyl sites for hydroxylation is 2. The second-order valence-corrected chi connectivity index (χ2v) is 9.37. The highest BCUT2D eigenvalue weighted by atomic mass is 16.5. The Hall–Kier alpha value is -5.37. The highest BCUT2D eigenvalue weighted by Gasteiger charge is 2.16. The number of nitrogens with zero attached hydrogens (tertiary/aromatic N) is 2. The highest BCUT2D eigenvalue weighted by molar-refractivity contribution is 5.98. The lowest BCUT2D eigenvalue weighted by atomic mass is 10.0. The molecule has 0 radical (unpaired) electrons. The van der Waals surface area contributed by atoms with Crippen LogP contribution in [0.2, 0.25) is 0 Å². The smallest absolute Gasteiger partial charge is 0.338 e. The average molecular weight is 532 g/mol. The van der Waals surface area contributed by atoms with E-state index in [1.54, 1.807) is 24.3 Å². The van der Waals surface area contributed by atoms with Gasteiger partial charge in [0.1, 0.15) is 0 Å². The third kappa shape index (κ3) is 5.86. The minimum Gasteiger partial charge on any atom is -0.478 e. The van der Waals surface area contributed by atoms with Crippen LogP contribution in [0.5, 0.6) is 0 Å². The van der Waals surface area contributed by atoms with Crippen LogP contribution < -0.4 is 5.32 Å². The fourth-order valence-electron chi connectivity index (χ4n) is 4.15. The van der Waals surface area contributed by atoms with Gasteiger partial charge in [-0.25, -0.2) is 19.6 Å². The lowest BCUT2D eigenvalue weighted by molar-refractivity contribution is -0.119. The average Bonchev–Trinajstić information content (AvgIpc) is 2.96. The van der Waals surface area contributed by atoms with Crippen LogP contribution >= 0.6 is 0 Å². The van der Waals surface area contributed by atoms with E-state index in [0.29, 0.717) is 16.7 Å². The molecule has 2 N–H and O–H groups in total. The minimum atomic E-state index is -1.11. The molecule has 0 aliphatic carbocycles. The van der Waals surface area contributed by atoms with Crippen molar-refractivity contribution in [2.24, 2.45) is 0 Å². The van der Waals surface area contributed by atoms with Gasteiger partial charge in [0.05, 0.1) is 33.5 Å². The summed E-state index contributed by atoms with van der Waals surface area (Å²) < 4.78 is 5.21. The Bertz CT molecular complexity index is 1750. The first-order chi connectivity index (χ1) is 19.3. The predicted molar refractivity (Wildman–Crippen MR) is 152 cm³/mol. The second-order valence-electron chi connectivity index (χ2n) is 9.37. The summed E-state index contributed by atoms with van der Waals surface area (Å²) in [7, 11) is 0. The minimum absolute atomic E-state index is 0.0302. The van der Waals surface area contributed by atoms with E-state index in [9.17, 15) is 14.4 Å². The first-order valence-electron chi connectivity index (χ1n) is 12.5. The molecule has 0 saturated heterocycles. The number of carboxylic acids is 1. The molecule has 0 unspecified atom stereocenters. The summed E-state index contributed by atoms with van der Waals surface area (Å²) in [4.78, 5) is 46.0. The molecule has 0 aliphatic rings. The maximum atomic E-state index is 12.8. The van der Waals surface area contributed by atoms with Gasteiger partial charge in [-0.05, 0) is 50.2 Å². The summed E-state index contributed by atoms with van der Waals surface area (Å²) in [5, 5.41) is 11.6. The Morgan fingerprint density at radius 2 is 1.32 bits per heavy atom. The molecule has 0 bridgehead atoms. The molecule has 198 valence electrons. The number of anilines is 1. The molecule has 1 heterocycles. The molecule has 8 nitrogen and oxygen atoms in total. The Morgan fingerprint density at radius 3 is 1.93 bits per heavy atom. The zero-order valence-electron chi connectivity index (χ0n) is 21.8. The molecule has 5 rings (SSSR count). The first-order valence-corrected chi connectivity index (χ1v) is 12.5. The molecule has 0 saturated carbocycles. The zero-order valence-corrected chi connectivity index (χ0v) is 21.8. The van der Waals surface area contributed by atoms with Crippen LogP contribution in [0.1, 0.15) is 31.8 Å². The van der Waals surface area contributed by atoms with E-state index in [0.717, 1.165) is 27.9 Å². The van der Waals surface area contributed by atoms with Gasteiger partial charge in [-0.3, -0.25) is 4.79 Å². The normalized spacial score (nSPS) is 10.8. The number of ether oxygens (including phenoxy) is 1. The summed E-state index contributed by atoms with van der Waals surface area (Å²) in [5.41, 5.74) is 7.16. The summed E-state index contributed by atoms with van der Waals surface area (Å²) in [6.45, 7) is 3.50. The molecule has 4 aromatic carbocycles. The van der Waals surface area contributed by atoms with Crippen molar-refractivity contribution in [2.75, 3.05) is 11.9 Å². The molecule has 0 spiro atoms. The van der Waals surface area contributed by atoms with E-state index in [-0.39, 0.29) is 16.8 Å². The monoisotopic (exact) mass is 531 g/mol. The standard InChI is InChI=1S/C32H25N3O5/c1-19-6-10-21(11-7-19)29-30(22-12-8-20(2)9-13-22)35-27-17-24(14-15-26(27)34-29)32(39)40-18-28(36)33-25-5-3-4-23(16-25)31(37)38/h3-17H,18H2,1-2H3,(H,33,36)(H,37,38). The third-order valence-electron chi connectivity index (χ3n) is 6.28. The number of esters is 1. The van der Waals surface area contributed by atoms with Crippen LogP contribution in [0, 0.1) is 13.8 Å². The largest absolute Gasteiger partial charge is 0.478 e. The van der Waals surface area contributed by atoms with Gasteiger partial charge in [0, 0.05) is 16.8 Å². The van der Waals surface area contributed by atoms with Crippen molar-refractivity contribution in [1.29, 1.82) is 0 Å². The number of carbonyl (C=O) groups excluding carboxylic acids is 2. The van der Waals surface area contributed by atoms with Crippen molar-refractivity contribution in [1.82, 2.24) is 9.97 Å². The first kappa shape index (κ1) is 26.2. The van der Waals surface area contributed by atoms with E-state index in [2.05, 4.69) is 5.32 Å². The number of hydrogen-bond donors (Lipinski definition) is 2. The van der Waals surface area contributed by atoms with Crippen LogP contribution in [0.15, 0.2) is 91.0 Å². The van der Waals surface area contributed by atoms with E-state index in [1.807, 2.05) is 62.4 Å². The van der Waals surface area contributed by atoms with Crippen LogP contribution in [-0.2, 0) is 9.53 Å². The van der Waals surface area contributed by atoms with Crippen molar-refractivity contribution in [2.45, 2.75) is 13.8 Å². The van der Waals surface area contributed by atoms with E-state index in [1.165, 1.54) is 18.2 Å². The zero-order chi connectivity index (χ0) is 28.2. The van der Waals surface area contributed by atoms with Crippen LogP contribution in [-0.4, -0.2) is 39.5 Å². The van der Waals surface area contributed by atoms with Gasteiger partial charge in [-0.15, -0.1) is 0 Å². The number of fused-ring (bicyclic) bond motifs is 1. The van der Waals surface area contributed by atoms with Crippen molar-refractivity contribution >= 4 is 34.6 Å². The van der Waals surface area contributed by atoms with E-state index < -0.39 is 24.5 Å². The summed E-state index contributed by atoms with van der Waals surface area (Å²) in [6, 6.07) is 26.7. The van der Waals surface area contributed by atoms with Crippen LogP contribution in [0.3, 0.4) is 0 Å². The van der Waals surface area contributed by atoms with E-state index >= 15 is 0 Å². The van der Waals surface area contributed by atoms with Crippen molar-refractivity contribution in [3.63, 3.8) is 0 Å². The van der Waals surface area contributed by atoms with Gasteiger partial charge in [0.25, 0.3) is 5.91 Å². The molecule has 0 fully saturated rings. The molecule has 8 heteroatoms. The third-order valence-corrected chi connectivity index (χ3v) is 6.28. The number of nitrogens with one attached hydrogen (secondary N) is 1. The lowest BCUT2D eigenvalue weighted by Gasteiger charge is -2.12. The van der Waals surface area contributed by atoms with Gasteiger partial charge < -0.3 is 15.2 Å². The summed E-state index contributed by atoms with van der Waals surface area (Å²) >= 11 is 0. The Morgan fingerprint density at radius 1 is 0.725 bits per heavy atom. The van der Waals surface area contributed by atoms with Gasteiger partial charge >= 0.3 is 11.9 Å². The number of carbonyl (C=O) groups is 3. The quantitative estimate of drug-likeness (QED) is 0.245. The fraction of sp³-hybridized carbons (Fsp3) is 0.0938. The van der Waals surface area contributed by atoms with Crippen LogP contribution in [0.25, 0.3) is 33.5 Å². The van der Waals surface area contributed by atoms with Crippen molar-refractivity contribution in [3.8, 4) is 22.5 Å². The predicted octanol–water partition coefficient (Wildman–Crippen LogP) is 6.07. The molecule has 1 amide bonds. The molecule has 5 aromatic rings. The number of benzene rings is 4. The summed E-state index contributed by atoms with van der Waals surface area (Å²) in [5.74, 6) is -2.41. The molecule has 1 aromatic heterocycles. The Labute approximate surface area is 230 Å². The molecular weight excluding hydrogens is 506 g/mol. The number of aromatic nitrogens is 2. The van der Waals surface area contributed by atoms with Gasteiger partial charge in [-0.1, -0.05) is 65.7 Å². The number of rotatable bonds is 7.